The van der Waals surface area contributed by atoms with Crippen molar-refractivity contribution < 1.29 is 4.79 Å². The summed E-state index contributed by atoms with van der Waals surface area (Å²) in [6, 6.07) is 0.406. The molecule has 1 rings (SSSR count). The first-order valence-corrected chi connectivity index (χ1v) is 7.25. The zero-order valence-corrected chi connectivity index (χ0v) is 12.2. The number of nitrogens with one attached hydrogen (secondary N) is 1. The van der Waals surface area contributed by atoms with Crippen LogP contribution < -0.4 is 5.32 Å². The van der Waals surface area contributed by atoms with E-state index in [1.807, 2.05) is 4.90 Å². The minimum atomic E-state index is 0.272. The molecular weight excluding hydrogens is 226 g/mol. The highest BCUT2D eigenvalue weighted by Crippen LogP contribution is 2.09. The lowest BCUT2D eigenvalue weighted by molar-refractivity contribution is -0.130. The lowest BCUT2D eigenvalue weighted by atomic mass is 10.2. The molecule has 0 spiro atoms. The Bertz CT molecular complexity index is 235. The maximum Gasteiger partial charge on any atom is 0.236 e. The van der Waals surface area contributed by atoms with E-state index in [2.05, 4.69) is 31.2 Å². The molecule has 0 aromatic rings. The van der Waals surface area contributed by atoms with E-state index in [4.69, 9.17) is 0 Å². The van der Waals surface area contributed by atoms with Crippen LogP contribution in [0.4, 0.5) is 0 Å². The molecule has 0 bridgehead atoms. The van der Waals surface area contributed by atoms with Crippen LogP contribution in [0.2, 0.25) is 0 Å². The molecule has 1 atom stereocenters. The van der Waals surface area contributed by atoms with Crippen LogP contribution in [-0.4, -0.2) is 62.0 Å². The van der Waals surface area contributed by atoms with Gasteiger partial charge in [-0.1, -0.05) is 12.8 Å². The van der Waals surface area contributed by atoms with Crippen LogP contribution >= 0.6 is 0 Å². The van der Waals surface area contributed by atoms with Crippen molar-refractivity contribution in [1.82, 2.24) is 15.1 Å². The second-order valence-corrected chi connectivity index (χ2v) is 5.67. The molecule has 4 heteroatoms. The number of hydrogen-bond donors (Lipinski definition) is 1. The van der Waals surface area contributed by atoms with E-state index in [-0.39, 0.29) is 5.91 Å². The molecule has 1 N–H and O–H groups in total. The van der Waals surface area contributed by atoms with Gasteiger partial charge in [-0.05, 0) is 46.8 Å². The van der Waals surface area contributed by atoms with Gasteiger partial charge >= 0.3 is 0 Å². The second kappa shape index (κ2) is 8.48. The standard InChI is InChI=1S/C14H29N3O/c1-13(8-11-16(2)3)15-12-14(18)17-9-6-4-5-7-10-17/h13,15H,4-12H2,1-3H3. The van der Waals surface area contributed by atoms with Crippen LogP contribution in [0.5, 0.6) is 0 Å². The summed E-state index contributed by atoms with van der Waals surface area (Å²) in [6.45, 7) is 5.61. The van der Waals surface area contributed by atoms with E-state index >= 15 is 0 Å². The summed E-state index contributed by atoms with van der Waals surface area (Å²) in [5.41, 5.74) is 0. The van der Waals surface area contributed by atoms with Gasteiger partial charge < -0.3 is 15.1 Å². The van der Waals surface area contributed by atoms with Crippen LogP contribution in [0.3, 0.4) is 0 Å². The maximum atomic E-state index is 12.0. The molecule has 1 aliphatic rings. The summed E-state index contributed by atoms with van der Waals surface area (Å²) >= 11 is 0. The van der Waals surface area contributed by atoms with E-state index in [9.17, 15) is 4.79 Å². The molecule has 18 heavy (non-hydrogen) atoms. The van der Waals surface area contributed by atoms with Gasteiger partial charge in [0.25, 0.3) is 0 Å². The fourth-order valence-corrected chi connectivity index (χ4v) is 2.25. The Morgan fingerprint density at radius 1 is 1.22 bits per heavy atom. The van der Waals surface area contributed by atoms with Crippen LogP contribution in [0.25, 0.3) is 0 Å². The third-order valence-electron chi connectivity index (χ3n) is 3.57. The summed E-state index contributed by atoms with van der Waals surface area (Å²) in [5, 5.41) is 3.34. The molecule has 1 aliphatic heterocycles. The number of hydrogen-bond acceptors (Lipinski definition) is 3. The Morgan fingerprint density at radius 2 is 1.83 bits per heavy atom. The summed E-state index contributed by atoms with van der Waals surface area (Å²) in [6.07, 6.45) is 5.97. The number of carbonyl (C=O) groups is 1. The van der Waals surface area contributed by atoms with Crippen molar-refractivity contribution in [1.29, 1.82) is 0 Å². The lowest BCUT2D eigenvalue weighted by Crippen LogP contribution is -2.42. The summed E-state index contributed by atoms with van der Waals surface area (Å²) < 4.78 is 0. The number of nitrogens with zero attached hydrogens (tertiary/aromatic N) is 2. The highest BCUT2D eigenvalue weighted by molar-refractivity contribution is 5.78. The SMILES string of the molecule is CC(CCN(C)C)NCC(=O)N1CCCCCC1. The Morgan fingerprint density at radius 3 is 2.39 bits per heavy atom. The zero-order chi connectivity index (χ0) is 13.4. The van der Waals surface area contributed by atoms with E-state index in [1.54, 1.807) is 0 Å². The molecule has 0 aromatic heterocycles. The molecular formula is C14H29N3O. The van der Waals surface area contributed by atoms with Gasteiger partial charge in [0.05, 0.1) is 6.54 Å². The van der Waals surface area contributed by atoms with Crippen LogP contribution in [0, 0.1) is 0 Å². The third kappa shape index (κ3) is 6.36. The number of amides is 1. The Labute approximate surface area is 112 Å². The fraction of sp³-hybridized carbons (Fsp3) is 0.929. The molecule has 1 amide bonds. The van der Waals surface area contributed by atoms with Gasteiger partial charge in [0, 0.05) is 19.1 Å². The van der Waals surface area contributed by atoms with Crippen molar-refractivity contribution >= 4 is 5.91 Å². The minimum Gasteiger partial charge on any atom is -0.342 e. The first kappa shape index (κ1) is 15.4. The topological polar surface area (TPSA) is 35.6 Å². The number of rotatable bonds is 6. The van der Waals surface area contributed by atoms with Gasteiger partial charge in [-0.25, -0.2) is 0 Å². The van der Waals surface area contributed by atoms with Crippen molar-refractivity contribution in [3.63, 3.8) is 0 Å². The Kier molecular flexibility index (Phi) is 7.28. The van der Waals surface area contributed by atoms with Crippen molar-refractivity contribution in [2.75, 3.05) is 40.3 Å². The van der Waals surface area contributed by atoms with E-state index in [0.29, 0.717) is 12.6 Å². The average molecular weight is 255 g/mol. The molecule has 1 heterocycles. The van der Waals surface area contributed by atoms with Gasteiger partial charge in [-0.2, -0.15) is 0 Å². The normalized spacial score (nSPS) is 18.8. The predicted octanol–water partition coefficient (Wildman–Crippen LogP) is 1.32. The lowest BCUT2D eigenvalue weighted by Gasteiger charge is -2.22. The predicted molar refractivity (Wildman–Crippen MR) is 75.7 cm³/mol. The highest BCUT2D eigenvalue weighted by Gasteiger charge is 2.15. The molecule has 1 fully saturated rings. The first-order chi connectivity index (χ1) is 8.59. The molecule has 0 radical (unpaired) electrons. The molecule has 106 valence electrons. The van der Waals surface area contributed by atoms with Gasteiger partial charge in [0.2, 0.25) is 5.91 Å². The third-order valence-corrected chi connectivity index (χ3v) is 3.57. The molecule has 1 saturated heterocycles. The molecule has 4 nitrogen and oxygen atoms in total. The van der Waals surface area contributed by atoms with Crippen molar-refractivity contribution in [3.8, 4) is 0 Å². The summed E-state index contributed by atoms with van der Waals surface area (Å²) in [7, 11) is 4.16. The van der Waals surface area contributed by atoms with Crippen LogP contribution in [-0.2, 0) is 4.79 Å². The second-order valence-electron chi connectivity index (χ2n) is 5.67. The van der Waals surface area contributed by atoms with Crippen molar-refractivity contribution in [2.45, 2.75) is 45.1 Å². The van der Waals surface area contributed by atoms with E-state index in [0.717, 1.165) is 26.1 Å². The Hall–Kier alpha value is -0.610. The zero-order valence-electron chi connectivity index (χ0n) is 12.2. The van der Waals surface area contributed by atoms with E-state index in [1.165, 1.54) is 25.7 Å². The molecule has 1 unspecified atom stereocenters. The maximum absolute atomic E-state index is 12.0. The van der Waals surface area contributed by atoms with Crippen LogP contribution in [0.15, 0.2) is 0 Å². The van der Waals surface area contributed by atoms with Gasteiger partial charge in [-0.3, -0.25) is 4.79 Å². The van der Waals surface area contributed by atoms with Crippen molar-refractivity contribution in [2.24, 2.45) is 0 Å². The number of likely N-dealkylation sites (tertiary alicyclic amines) is 1. The van der Waals surface area contributed by atoms with E-state index < -0.39 is 0 Å². The first-order valence-electron chi connectivity index (χ1n) is 7.25. The Balaban J connectivity index is 2.18. The quantitative estimate of drug-likeness (QED) is 0.777. The molecule has 0 aromatic carbocycles. The smallest absolute Gasteiger partial charge is 0.236 e. The van der Waals surface area contributed by atoms with Gasteiger partial charge in [0.15, 0.2) is 0 Å². The van der Waals surface area contributed by atoms with Gasteiger partial charge in [-0.15, -0.1) is 0 Å². The van der Waals surface area contributed by atoms with Crippen molar-refractivity contribution in [3.05, 3.63) is 0 Å². The monoisotopic (exact) mass is 255 g/mol. The highest BCUT2D eigenvalue weighted by atomic mass is 16.2. The molecule has 0 saturated carbocycles. The largest absolute Gasteiger partial charge is 0.342 e. The molecule has 0 aliphatic carbocycles. The average Bonchev–Trinajstić information content (AvgIpc) is 2.62. The minimum absolute atomic E-state index is 0.272. The summed E-state index contributed by atoms with van der Waals surface area (Å²) in [4.78, 5) is 16.2. The summed E-state index contributed by atoms with van der Waals surface area (Å²) in [5.74, 6) is 0.272. The van der Waals surface area contributed by atoms with Gasteiger partial charge in [0.1, 0.15) is 0 Å². The van der Waals surface area contributed by atoms with Crippen LogP contribution in [0.1, 0.15) is 39.0 Å². The number of carbonyl (C=O) groups excluding carboxylic acids is 1. The fourth-order valence-electron chi connectivity index (χ4n) is 2.25.